The van der Waals surface area contributed by atoms with Crippen molar-refractivity contribution in [3.8, 4) is 5.75 Å². The molecule has 18 heavy (non-hydrogen) atoms. The predicted molar refractivity (Wildman–Crippen MR) is 72.9 cm³/mol. The van der Waals surface area contributed by atoms with Gasteiger partial charge in [0.1, 0.15) is 12.4 Å². The molecular weight excluding hydrogens is 224 g/mol. The van der Waals surface area contributed by atoms with Gasteiger partial charge >= 0.3 is 0 Å². The van der Waals surface area contributed by atoms with Crippen molar-refractivity contribution in [2.24, 2.45) is 0 Å². The number of hydrogen-bond acceptors (Lipinski definition) is 3. The Bertz CT molecular complexity index is 364. The number of rotatable bonds is 6. The molecule has 0 spiro atoms. The van der Waals surface area contributed by atoms with Crippen molar-refractivity contribution in [1.82, 2.24) is 10.2 Å². The first-order chi connectivity index (χ1) is 8.92. The first-order valence-corrected chi connectivity index (χ1v) is 7.07. The average molecular weight is 246 g/mol. The molecule has 0 amide bonds. The van der Waals surface area contributed by atoms with Gasteiger partial charge in [0.05, 0.1) is 0 Å². The molecule has 0 bridgehead atoms. The lowest BCUT2D eigenvalue weighted by molar-refractivity contribution is 0.293. The Morgan fingerprint density at radius 3 is 2.78 bits per heavy atom. The third-order valence-electron chi connectivity index (χ3n) is 3.83. The van der Waals surface area contributed by atoms with Crippen molar-refractivity contribution in [1.29, 1.82) is 0 Å². The van der Waals surface area contributed by atoms with E-state index in [4.69, 9.17) is 4.74 Å². The van der Waals surface area contributed by atoms with Crippen LogP contribution in [-0.2, 0) is 0 Å². The topological polar surface area (TPSA) is 24.5 Å². The van der Waals surface area contributed by atoms with Gasteiger partial charge in [-0.25, -0.2) is 0 Å². The van der Waals surface area contributed by atoms with Crippen LogP contribution < -0.4 is 10.1 Å². The van der Waals surface area contributed by atoms with Gasteiger partial charge in [-0.2, -0.15) is 0 Å². The second kappa shape index (κ2) is 5.72. The van der Waals surface area contributed by atoms with Gasteiger partial charge in [0, 0.05) is 31.7 Å². The molecule has 1 atom stereocenters. The van der Waals surface area contributed by atoms with Gasteiger partial charge in [0.15, 0.2) is 0 Å². The molecule has 1 heterocycles. The van der Waals surface area contributed by atoms with Gasteiger partial charge in [0.25, 0.3) is 0 Å². The minimum absolute atomic E-state index is 0.671. The maximum absolute atomic E-state index is 5.68. The highest BCUT2D eigenvalue weighted by Gasteiger charge is 2.33. The monoisotopic (exact) mass is 246 g/mol. The fraction of sp³-hybridized carbons (Fsp3) is 0.600. The Balaban J connectivity index is 1.31. The third-order valence-corrected chi connectivity index (χ3v) is 3.83. The fourth-order valence-corrected chi connectivity index (χ4v) is 2.67. The molecule has 1 aliphatic carbocycles. The smallest absolute Gasteiger partial charge is 0.119 e. The number of para-hydroxylation sites is 1. The molecule has 1 aromatic rings. The Kier molecular flexibility index (Phi) is 3.81. The van der Waals surface area contributed by atoms with E-state index in [2.05, 4.69) is 10.2 Å². The number of ether oxygens (including phenoxy) is 1. The Labute approximate surface area is 109 Å². The Hall–Kier alpha value is -1.06. The maximum Gasteiger partial charge on any atom is 0.119 e. The quantitative estimate of drug-likeness (QED) is 0.776. The molecule has 1 saturated carbocycles. The van der Waals surface area contributed by atoms with Gasteiger partial charge in [-0.3, -0.25) is 4.90 Å². The number of nitrogens with zero attached hydrogens (tertiary/aromatic N) is 1. The predicted octanol–water partition coefficient (Wildman–Crippen LogP) is 1.89. The van der Waals surface area contributed by atoms with E-state index in [1.807, 2.05) is 30.3 Å². The Morgan fingerprint density at radius 1 is 1.17 bits per heavy atom. The van der Waals surface area contributed by atoms with Crippen LogP contribution in [0.3, 0.4) is 0 Å². The summed E-state index contributed by atoms with van der Waals surface area (Å²) in [6.07, 6.45) is 4.13. The zero-order valence-corrected chi connectivity index (χ0v) is 10.8. The van der Waals surface area contributed by atoms with E-state index in [0.717, 1.165) is 24.9 Å². The van der Waals surface area contributed by atoms with Crippen LogP contribution in [0.25, 0.3) is 0 Å². The van der Waals surface area contributed by atoms with Gasteiger partial charge < -0.3 is 10.1 Å². The molecule has 2 fully saturated rings. The summed E-state index contributed by atoms with van der Waals surface area (Å²) in [5.41, 5.74) is 0. The van der Waals surface area contributed by atoms with Crippen LogP contribution in [0.4, 0.5) is 0 Å². The van der Waals surface area contributed by atoms with E-state index in [9.17, 15) is 0 Å². The molecule has 1 N–H and O–H groups in total. The van der Waals surface area contributed by atoms with Crippen LogP contribution in [0.5, 0.6) is 5.75 Å². The van der Waals surface area contributed by atoms with Crippen molar-refractivity contribution < 1.29 is 4.74 Å². The molecule has 1 aromatic carbocycles. The van der Waals surface area contributed by atoms with E-state index in [1.165, 1.54) is 32.4 Å². The van der Waals surface area contributed by atoms with E-state index >= 15 is 0 Å². The molecule has 1 aliphatic heterocycles. The van der Waals surface area contributed by atoms with Crippen LogP contribution in [0.2, 0.25) is 0 Å². The van der Waals surface area contributed by atoms with Gasteiger partial charge in [-0.05, 0) is 31.4 Å². The van der Waals surface area contributed by atoms with Crippen LogP contribution >= 0.6 is 0 Å². The second-order valence-corrected chi connectivity index (χ2v) is 5.33. The number of hydrogen-bond donors (Lipinski definition) is 1. The first kappa shape index (κ1) is 12.0. The summed E-state index contributed by atoms with van der Waals surface area (Å²) in [6.45, 7) is 4.21. The summed E-state index contributed by atoms with van der Waals surface area (Å²) in [7, 11) is 0. The summed E-state index contributed by atoms with van der Waals surface area (Å²) >= 11 is 0. The van der Waals surface area contributed by atoms with Crippen LogP contribution in [0.15, 0.2) is 30.3 Å². The van der Waals surface area contributed by atoms with Crippen molar-refractivity contribution in [3.63, 3.8) is 0 Å². The number of likely N-dealkylation sites (tertiary alicyclic amines) is 1. The van der Waals surface area contributed by atoms with Gasteiger partial charge in [0.2, 0.25) is 0 Å². The molecule has 0 radical (unpaired) electrons. The summed E-state index contributed by atoms with van der Waals surface area (Å²) in [5, 5.41) is 3.60. The molecule has 1 saturated heterocycles. The molecule has 2 aliphatic rings. The lowest BCUT2D eigenvalue weighted by Gasteiger charge is -2.15. The van der Waals surface area contributed by atoms with Crippen LogP contribution in [0, 0.1) is 0 Å². The zero-order valence-electron chi connectivity index (χ0n) is 10.8. The van der Waals surface area contributed by atoms with Crippen molar-refractivity contribution in [3.05, 3.63) is 30.3 Å². The minimum atomic E-state index is 0.671. The minimum Gasteiger partial charge on any atom is -0.492 e. The lowest BCUT2D eigenvalue weighted by atomic mass is 10.2. The zero-order chi connectivity index (χ0) is 12.2. The molecule has 1 unspecified atom stereocenters. The summed E-state index contributed by atoms with van der Waals surface area (Å²) < 4.78 is 5.68. The van der Waals surface area contributed by atoms with E-state index < -0.39 is 0 Å². The lowest BCUT2D eigenvalue weighted by Crippen LogP contribution is -2.35. The molecule has 3 heteroatoms. The molecule has 98 valence electrons. The highest BCUT2D eigenvalue weighted by atomic mass is 16.5. The Morgan fingerprint density at radius 2 is 2.00 bits per heavy atom. The largest absolute Gasteiger partial charge is 0.492 e. The summed E-state index contributed by atoms with van der Waals surface area (Å²) in [5.74, 6) is 0.963. The molecule has 0 aromatic heterocycles. The number of benzene rings is 1. The van der Waals surface area contributed by atoms with E-state index in [0.29, 0.717) is 6.04 Å². The van der Waals surface area contributed by atoms with Crippen molar-refractivity contribution in [2.45, 2.75) is 31.3 Å². The molecule has 3 rings (SSSR count). The molecular formula is C15H22N2O. The highest BCUT2D eigenvalue weighted by molar-refractivity contribution is 5.20. The maximum atomic E-state index is 5.68. The number of nitrogens with one attached hydrogen (secondary N) is 1. The highest BCUT2D eigenvalue weighted by Crippen LogP contribution is 2.29. The van der Waals surface area contributed by atoms with Crippen molar-refractivity contribution in [2.75, 3.05) is 26.2 Å². The average Bonchev–Trinajstić information content (AvgIpc) is 3.16. The van der Waals surface area contributed by atoms with E-state index in [-0.39, 0.29) is 0 Å². The normalized spacial score (nSPS) is 24.3. The van der Waals surface area contributed by atoms with Gasteiger partial charge in [-0.15, -0.1) is 0 Å². The summed E-state index contributed by atoms with van der Waals surface area (Å²) in [6, 6.07) is 11.6. The molecule has 3 nitrogen and oxygen atoms in total. The fourth-order valence-electron chi connectivity index (χ4n) is 2.67. The second-order valence-electron chi connectivity index (χ2n) is 5.33. The first-order valence-electron chi connectivity index (χ1n) is 7.07. The van der Waals surface area contributed by atoms with Gasteiger partial charge in [-0.1, -0.05) is 18.2 Å². The summed E-state index contributed by atoms with van der Waals surface area (Å²) in [4.78, 5) is 2.63. The van der Waals surface area contributed by atoms with Crippen LogP contribution in [-0.4, -0.2) is 43.2 Å². The van der Waals surface area contributed by atoms with E-state index in [1.54, 1.807) is 0 Å². The SMILES string of the molecule is c1ccc(OCCNC2CCN(C3CC3)C2)cc1. The van der Waals surface area contributed by atoms with Crippen LogP contribution in [0.1, 0.15) is 19.3 Å². The van der Waals surface area contributed by atoms with Crippen molar-refractivity contribution >= 4 is 0 Å². The standard InChI is InChI=1S/C15H22N2O/c1-2-4-15(5-3-1)18-11-9-16-13-8-10-17(12-13)14-6-7-14/h1-5,13-14,16H,6-12H2. The third kappa shape index (κ3) is 3.24.